The van der Waals surface area contributed by atoms with Crippen molar-refractivity contribution < 1.29 is 20.8 Å². The quantitative estimate of drug-likeness (QED) is 0.130. The number of hydrogen-bond acceptors (Lipinski definition) is 0. The van der Waals surface area contributed by atoms with Crippen molar-refractivity contribution in [3.05, 3.63) is 131 Å². The van der Waals surface area contributed by atoms with E-state index >= 15 is 0 Å². The van der Waals surface area contributed by atoms with Crippen molar-refractivity contribution in [2.75, 3.05) is 0 Å². The van der Waals surface area contributed by atoms with Gasteiger partial charge in [0.2, 0.25) is 0 Å². The van der Waals surface area contributed by atoms with E-state index < -0.39 is 20.8 Å². The molecule has 0 saturated heterocycles. The van der Waals surface area contributed by atoms with Gasteiger partial charge in [-0.05, 0) is 31.4 Å². The molecule has 0 bridgehead atoms. The Morgan fingerprint density at radius 3 is 1.49 bits per heavy atom. The van der Waals surface area contributed by atoms with Crippen LogP contribution in [0.15, 0.2) is 109 Å². The Kier molecular flexibility index (Phi) is 13.8. The van der Waals surface area contributed by atoms with Crippen LogP contribution in [0.2, 0.25) is 13.1 Å². The molecule has 6 aromatic carbocycles. The topological polar surface area (TPSA) is 0 Å². The molecule has 0 aromatic heterocycles. The molecule has 0 aliphatic rings. The van der Waals surface area contributed by atoms with Crippen LogP contribution in [0.1, 0.15) is 29.2 Å². The number of benzene rings is 4. The number of fused-ring (bicyclic) bond motifs is 2. The van der Waals surface area contributed by atoms with Crippen molar-refractivity contribution >= 4 is 48.1 Å². The molecule has 0 N–H and O–H groups in total. The van der Waals surface area contributed by atoms with Gasteiger partial charge in [-0.2, -0.15) is 12.1 Å². The van der Waals surface area contributed by atoms with Crippen molar-refractivity contribution in [2.45, 2.75) is 47.2 Å². The van der Waals surface area contributed by atoms with Crippen LogP contribution in [0.3, 0.4) is 0 Å². The summed E-state index contributed by atoms with van der Waals surface area (Å²) >= 11 is -0.826. The summed E-state index contributed by atoms with van der Waals surface area (Å²) in [7, 11) is 11.0. The first-order chi connectivity index (χ1) is 19.8. The van der Waals surface area contributed by atoms with Crippen molar-refractivity contribution in [2.24, 2.45) is 0 Å². The monoisotopic (exact) mass is 670 g/mol. The molecule has 0 amide bonds. The van der Waals surface area contributed by atoms with Gasteiger partial charge in [0.25, 0.3) is 0 Å². The summed E-state index contributed by atoms with van der Waals surface area (Å²) in [6.07, 6.45) is 1.10. The summed E-state index contributed by atoms with van der Waals surface area (Å²) in [5, 5.41) is 5.41. The van der Waals surface area contributed by atoms with E-state index in [0.717, 1.165) is 15.9 Å². The van der Waals surface area contributed by atoms with Gasteiger partial charge in [-0.1, -0.05) is 110 Å². The molecule has 0 heterocycles. The Bertz CT molecular complexity index is 1620. The summed E-state index contributed by atoms with van der Waals surface area (Å²) < 4.78 is 0. The predicted octanol–water partition coefficient (Wildman–Crippen LogP) is 12.1. The molecule has 4 heteroatoms. The fourth-order valence-electron chi connectivity index (χ4n) is 4.86. The van der Waals surface area contributed by atoms with Crippen LogP contribution in [-0.4, -0.2) is 9.52 Å². The van der Waals surface area contributed by atoms with Crippen LogP contribution in [0.4, 0.5) is 0 Å². The van der Waals surface area contributed by atoms with E-state index in [0.29, 0.717) is 0 Å². The van der Waals surface area contributed by atoms with Crippen molar-refractivity contribution in [1.29, 1.82) is 0 Å². The second-order valence-corrected chi connectivity index (χ2v) is 14.9. The zero-order chi connectivity index (χ0) is 29.8. The Morgan fingerprint density at radius 1 is 0.634 bits per heavy atom. The summed E-state index contributed by atoms with van der Waals surface area (Å²) in [5.41, 5.74) is 10.6. The molecule has 6 aromatic rings. The van der Waals surface area contributed by atoms with E-state index in [1.807, 2.05) is 0 Å². The number of halogens is 2. The van der Waals surface area contributed by atoms with Crippen LogP contribution in [0, 0.1) is 20.8 Å². The first-order valence-corrected chi connectivity index (χ1v) is 22.2. The standard InChI is InChI=1S/C18H17.C17H15.C2H6Si.2ClH.Zr/c1-3-14-11-16-5-4-6-17(18(16)12-14)15-9-7-13(2)8-10-15;1-12-6-8-14(9-7-12)16-5-3-4-15-10-13(2)11-17(15)16;1-3-2;;;/h4-12H,3H2,1-2H3;3-11H,1-2H3;1-2H3;2*1H;/q2*-1;;;;+4/p-2. The maximum absolute atomic E-state index is 4.93. The van der Waals surface area contributed by atoms with E-state index in [-0.39, 0.29) is 0 Å². The molecule has 6 rings (SSSR count). The summed E-state index contributed by atoms with van der Waals surface area (Å²) in [6.45, 7) is 12.9. The molecule has 0 fully saturated rings. The second-order valence-electron chi connectivity index (χ2n) is 10.2. The van der Waals surface area contributed by atoms with Gasteiger partial charge in [-0.3, -0.25) is 0 Å². The van der Waals surface area contributed by atoms with Gasteiger partial charge in [0.05, 0.1) is 0 Å². The second kappa shape index (κ2) is 17.0. The Labute approximate surface area is 267 Å². The van der Waals surface area contributed by atoms with Gasteiger partial charge in [0.1, 0.15) is 0 Å². The predicted molar refractivity (Wildman–Crippen MR) is 183 cm³/mol. The third-order valence-corrected chi connectivity index (χ3v) is 6.84. The van der Waals surface area contributed by atoms with Gasteiger partial charge >= 0.3 is 37.9 Å². The van der Waals surface area contributed by atoms with Crippen molar-refractivity contribution in [3.8, 4) is 22.3 Å². The zero-order valence-electron chi connectivity index (χ0n) is 24.9. The van der Waals surface area contributed by atoms with Gasteiger partial charge < -0.3 is 0 Å². The Morgan fingerprint density at radius 2 is 1.05 bits per heavy atom. The fraction of sp³-hybridized carbons (Fsp3) is 0.189. The SMILES string of the molecule is CCc1cc2c(-c3ccc(C)cc3)cccc2[cH-]1.C[Si]C.Cc1ccc(-c2cccc3[cH-]c(C)cc23)cc1.[Cl][Zr+2][Cl]. The molecule has 208 valence electrons. The minimum atomic E-state index is -0.826. The average Bonchev–Trinajstić information content (AvgIpc) is 3.58. The van der Waals surface area contributed by atoms with Crippen LogP contribution in [-0.2, 0) is 27.3 Å². The van der Waals surface area contributed by atoms with Gasteiger partial charge in [-0.25, -0.2) is 0 Å². The number of hydrogen-bond donors (Lipinski definition) is 0. The first kappa shape index (κ1) is 33.3. The molecule has 0 atom stereocenters. The first-order valence-electron chi connectivity index (χ1n) is 13.9. The van der Waals surface area contributed by atoms with E-state index in [1.165, 1.54) is 66.1 Å². The van der Waals surface area contributed by atoms with Crippen LogP contribution < -0.4 is 0 Å². The minimum absolute atomic E-state index is 0.826. The van der Waals surface area contributed by atoms with Crippen LogP contribution >= 0.6 is 17.0 Å². The average molecular weight is 673 g/mol. The Balaban J connectivity index is 0.000000190. The number of aryl methyl sites for hydroxylation is 4. The normalized spacial score (nSPS) is 10.0. The molecular weight excluding hydrogens is 635 g/mol. The molecule has 0 aliphatic carbocycles. The molecule has 2 radical (unpaired) electrons. The molecule has 0 unspecified atom stereocenters. The summed E-state index contributed by atoms with van der Waals surface area (Å²) in [5.74, 6) is 0. The van der Waals surface area contributed by atoms with Gasteiger partial charge in [-0.15, -0.1) is 69.1 Å². The molecule has 0 saturated carbocycles. The summed E-state index contributed by atoms with van der Waals surface area (Å²) in [6, 6.07) is 39.7. The zero-order valence-corrected chi connectivity index (χ0v) is 29.8. The third kappa shape index (κ3) is 9.39. The van der Waals surface area contributed by atoms with Gasteiger partial charge in [0.15, 0.2) is 0 Å². The molecule has 0 spiro atoms. The van der Waals surface area contributed by atoms with E-state index in [1.54, 1.807) is 0 Å². The molecular formula is C37H38Cl2SiZr. The van der Waals surface area contributed by atoms with Crippen LogP contribution in [0.25, 0.3) is 43.8 Å². The fourth-order valence-corrected chi connectivity index (χ4v) is 4.86. The van der Waals surface area contributed by atoms with E-state index in [2.05, 4.69) is 150 Å². The van der Waals surface area contributed by atoms with Gasteiger partial charge in [0, 0.05) is 9.52 Å². The van der Waals surface area contributed by atoms with E-state index in [9.17, 15) is 0 Å². The van der Waals surface area contributed by atoms with Crippen molar-refractivity contribution in [3.63, 3.8) is 0 Å². The maximum atomic E-state index is 4.93. The molecule has 0 nitrogen and oxygen atoms in total. The molecule has 41 heavy (non-hydrogen) atoms. The van der Waals surface area contributed by atoms with E-state index in [4.69, 9.17) is 17.0 Å². The van der Waals surface area contributed by atoms with Crippen LogP contribution in [0.5, 0.6) is 0 Å². The Hall–Kier alpha value is -2.22. The third-order valence-electron chi connectivity index (χ3n) is 6.84. The number of rotatable bonds is 3. The summed E-state index contributed by atoms with van der Waals surface area (Å²) in [4.78, 5) is 0. The van der Waals surface area contributed by atoms with Crippen molar-refractivity contribution in [1.82, 2.24) is 0 Å². The molecule has 0 aliphatic heterocycles.